The molecule has 0 radical (unpaired) electrons. The lowest BCUT2D eigenvalue weighted by atomic mass is 10.1. The van der Waals surface area contributed by atoms with Crippen LogP contribution in [0.4, 0.5) is 5.69 Å². The van der Waals surface area contributed by atoms with Crippen molar-refractivity contribution in [3.8, 4) is 0 Å². The van der Waals surface area contributed by atoms with E-state index in [-0.39, 0.29) is 0 Å². The van der Waals surface area contributed by atoms with Gasteiger partial charge in [-0.15, -0.1) is 0 Å². The van der Waals surface area contributed by atoms with Crippen molar-refractivity contribution in [2.24, 2.45) is 0 Å². The molecule has 0 aliphatic carbocycles. The third-order valence-corrected chi connectivity index (χ3v) is 2.93. The van der Waals surface area contributed by atoms with Crippen LogP contribution >= 0.6 is 0 Å². The quantitative estimate of drug-likeness (QED) is 0.770. The molecule has 0 spiro atoms. The van der Waals surface area contributed by atoms with E-state index < -0.39 is 0 Å². The first-order valence-electron chi connectivity index (χ1n) is 6.40. The first-order chi connectivity index (χ1) is 9.81. The molecule has 3 nitrogen and oxygen atoms in total. The molecule has 0 saturated carbocycles. The zero-order valence-electron chi connectivity index (χ0n) is 11.7. The van der Waals surface area contributed by atoms with Gasteiger partial charge < -0.3 is 9.64 Å². The number of nitrogens with zero attached hydrogens (tertiary/aromatic N) is 2. The van der Waals surface area contributed by atoms with Crippen LogP contribution in [-0.2, 0) is 4.74 Å². The van der Waals surface area contributed by atoms with Crippen molar-refractivity contribution < 1.29 is 4.74 Å². The number of benzene rings is 1. The van der Waals surface area contributed by atoms with Crippen molar-refractivity contribution in [1.82, 2.24) is 4.98 Å². The van der Waals surface area contributed by atoms with Gasteiger partial charge in [0.05, 0.1) is 13.4 Å². The summed E-state index contributed by atoms with van der Waals surface area (Å²) in [6.07, 6.45) is 11.3. The van der Waals surface area contributed by atoms with Gasteiger partial charge in [0.1, 0.15) is 0 Å². The maximum Gasteiger partial charge on any atom is 0.0830 e. The average molecular weight is 266 g/mol. The zero-order valence-corrected chi connectivity index (χ0v) is 11.7. The van der Waals surface area contributed by atoms with E-state index in [1.807, 2.05) is 43.6 Å². The van der Waals surface area contributed by atoms with E-state index in [0.29, 0.717) is 0 Å². The number of rotatable bonds is 5. The van der Waals surface area contributed by atoms with Gasteiger partial charge in [-0.25, -0.2) is 0 Å². The van der Waals surface area contributed by atoms with E-state index in [1.54, 1.807) is 25.8 Å². The second-order valence-electron chi connectivity index (χ2n) is 4.30. The van der Waals surface area contributed by atoms with Gasteiger partial charge in [0.25, 0.3) is 0 Å². The summed E-state index contributed by atoms with van der Waals surface area (Å²) in [5, 5.41) is 0. The van der Waals surface area contributed by atoms with Crippen LogP contribution < -0.4 is 4.90 Å². The number of hydrogen-bond donors (Lipinski definition) is 0. The topological polar surface area (TPSA) is 25.4 Å². The summed E-state index contributed by atoms with van der Waals surface area (Å²) in [7, 11) is 3.66. The molecule has 0 saturated heterocycles. The fourth-order valence-electron chi connectivity index (χ4n) is 1.81. The molecule has 3 heteroatoms. The largest absolute Gasteiger partial charge is 0.504 e. The van der Waals surface area contributed by atoms with Crippen LogP contribution in [0.1, 0.15) is 11.1 Å². The van der Waals surface area contributed by atoms with E-state index >= 15 is 0 Å². The minimum atomic E-state index is 1.10. The Morgan fingerprint density at radius 3 is 2.30 bits per heavy atom. The Labute approximate surface area is 119 Å². The van der Waals surface area contributed by atoms with Gasteiger partial charge >= 0.3 is 0 Å². The van der Waals surface area contributed by atoms with E-state index in [4.69, 9.17) is 4.74 Å². The molecule has 0 unspecified atom stereocenters. The predicted octanol–water partition coefficient (Wildman–Crippen LogP) is 3.81. The molecule has 0 N–H and O–H groups in total. The lowest BCUT2D eigenvalue weighted by Gasteiger charge is -2.13. The molecule has 1 aromatic heterocycles. The normalized spacial score (nSPS) is 11.1. The first-order valence-corrected chi connectivity index (χ1v) is 6.40. The Hall–Kier alpha value is -2.55. The summed E-state index contributed by atoms with van der Waals surface area (Å²) in [5.41, 5.74) is 3.36. The summed E-state index contributed by atoms with van der Waals surface area (Å²) >= 11 is 0. The van der Waals surface area contributed by atoms with Gasteiger partial charge in [0.2, 0.25) is 0 Å². The fourth-order valence-corrected chi connectivity index (χ4v) is 1.81. The molecule has 2 aromatic rings. The molecule has 0 aliphatic rings. The van der Waals surface area contributed by atoms with Crippen molar-refractivity contribution >= 4 is 17.8 Å². The van der Waals surface area contributed by atoms with Crippen molar-refractivity contribution in [1.29, 1.82) is 0 Å². The van der Waals surface area contributed by atoms with Gasteiger partial charge in [0.15, 0.2) is 0 Å². The fraction of sp³-hybridized carbons (Fsp3) is 0.118. The summed E-state index contributed by atoms with van der Waals surface area (Å²) in [4.78, 5) is 6.07. The Bertz CT molecular complexity index is 591. The maximum absolute atomic E-state index is 4.97. The minimum Gasteiger partial charge on any atom is -0.504 e. The second kappa shape index (κ2) is 7.14. The van der Waals surface area contributed by atoms with E-state index in [9.17, 15) is 0 Å². The highest BCUT2D eigenvalue weighted by atomic mass is 16.5. The molecule has 1 heterocycles. The monoisotopic (exact) mass is 266 g/mol. The summed E-state index contributed by atoms with van der Waals surface area (Å²) in [5.74, 6) is 0. The molecule has 102 valence electrons. The van der Waals surface area contributed by atoms with E-state index in [2.05, 4.69) is 28.1 Å². The van der Waals surface area contributed by atoms with Crippen LogP contribution in [0.3, 0.4) is 0 Å². The van der Waals surface area contributed by atoms with Crippen molar-refractivity contribution in [2.45, 2.75) is 0 Å². The second-order valence-corrected chi connectivity index (χ2v) is 4.30. The molecule has 0 fully saturated rings. The third-order valence-electron chi connectivity index (χ3n) is 2.93. The van der Waals surface area contributed by atoms with Crippen LogP contribution in [0, 0.1) is 0 Å². The van der Waals surface area contributed by atoms with Crippen LogP contribution in [0.2, 0.25) is 0 Å². The minimum absolute atomic E-state index is 1.10. The van der Waals surface area contributed by atoms with Crippen molar-refractivity contribution in [3.63, 3.8) is 0 Å². The van der Waals surface area contributed by atoms with Gasteiger partial charge in [-0.05, 0) is 35.4 Å². The van der Waals surface area contributed by atoms with Gasteiger partial charge in [-0.3, -0.25) is 4.98 Å². The number of ether oxygens (including phenoxy) is 1. The zero-order chi connectivity index (χ0) is 14.2. The number of methoxy groups -OCH3 is 1. The summed E-state index contributed by atoms with van der Waals surface area (Å²) in [6.45, 7) is 0. The summed E-state index contributed by atoms with van der Waals surface area (Å²) < 4.78 is 4.97. The maximum atomic E-state index is 4.97. The average Bonchev–Trinajstić information content (AvgIpc) is 2.52. The highest BCUT2D eigenvalue weighted by Crippen LogP contribution is 2.15. The van der Waals surface area contributed by atoms with E-state index in [1.165, 1.54) is 0 Å². The molecule has 0 amide bonds. The van der Waals surface area contributed by atoms with Gasteiger partial charge in [-0.1, -0.05) is 24.3 Å². The van der Waals surface area contributed by atoms with Crippen LogP contribution in [-0.4, -0.2) is 19.1 Å². The molecule has 20 heavy (non-hydrogen) atoms. The number of anilines is 1. The Morgan fingerprint density at radius 1 is 1.00 bits per heavy atom. The Morgan fingerprint density at radius 2 is 1.65 bits per heavy atom. The highest BCUT2D eigenvalue weighted by Gasteiger charge is 1.97. The number of hydrogen-bond acceptors (Lipinski definition) is 3. The van der Waals surface area contributed by atoms with Crippen molar-refractivity contribution in [3.05, 3.63) is 72.4 Å². The lowest BCUT2D eigenvalue weighted by molar-refractivity contribution is 0.341. The first kappa shape index (κ1) is 13.9. The predicted molar refractivity (Wildman–Crippen MR) is 84.2 cm³/mol. The molecular weight excluding hydrogens is 248 g/mol. The van der Waals surface area contributed by atoms with Gasteiger partial charge in [0, 0.05) is 31.3 Å². The third kappa shape index (κ3) is 3.72. The van der Waals surface area contributed by atoms with Crippen LogP contribution in [0.5, 0.6) is 0 Å². The molecule has 0 atom stereocenters. The van der Waals surface area contributed by atoms with Crippen molar-refractivity contribution in [2.75, 3.05) is 19.1 Å². The molecule has 2 rings (SSSR count). The van der Waals surface area contributed by atoms with Gasteiger partial charge in [-0.2, -0.15) is 0 Å². The SMILES string of the molecule is CO/C=C/c1ccccc1/C=C\N(C)c1ccncc1. The Balaban J connectivity index is 2.17. The number of aromatic nitrogens is 1. The van der Waals surface area contributed by atoms with Crippen LogP contribution in [0.25, 0.3) is 12.2 Å². The smallest absolute Gasteiger partial charge is 0.0830 e. The Kier molecular flexibility index (Phi) is 4.95. The molecular formula is C17H18N2O. The molecule has 1 aromatic carbocycles. The molecule has 0 aliphatic heterocycles. The number of pyridine rings is 1. The van der Waals surface area contributed by atoms with Crippen LogP contribution in [0.15, 0.2) is 61.3 Å². The molecule has 0 bridgehead atoms. The lowest BCUT2D eigenvalue weighted by Crippen LogP contribution is -2.07. The highest BCUT2D eigenvalue weighted by molar-refractivity contribution is 5.66. The van der Waals surface area contributed by atoms with E-state index in [0.717, 1.165) is 16.8 Å². The summed E-state index contributed by atoms with van der Waals surface area (Å²) in [6, 6.07) is 12.1. The standard InChI is InChI=1S/C17H18N2O/c1-19(17-7-11-18-12-8-17)13-9-15-5-3-4-6-16(15)10-14-20-2/h3-14H,1-2H3/b13-9-,14-10+.